The van der Waals surface area contributed by atoms with Gasteiger partial charge in [-0.05, 0) is 56.0 Å². The minimum Gasteiger partial charge on any atom is -0.478 e. The van der Waals surface area contributed by atoms with Gasteiger partial charge in [-0.15, -0.1) is 11.3 Å². The molecule has 0 unspecified atom stereocenters. The molecule has 1 aliphatic rings. The van der Waals surface area contributed by atoms with Gasteiger partial charge in [-0.2, -0.15) is 0 Å². The number of nitrogens with zero attached hydrogens (tertiary/aromatic N) is 1. The molecule has 3 rings (SSSR count). The Hall–Kier alpha value is -2.14. The Morgan fingerprint density at radius 3 is 2.58 bits per heavy atom. The van der Waals surface area contributed by atoms with E-state index in [-0.39, 0.29) is 17.5 Å². The largest absolute Gasteiger partial charge is 0.478 e. The summed E-state index contributed by atoms with van der Waals surface area (Å²) in [6, 6.07) is 11.3. The monoisotopic (exact) mass is 343 g/mol. The van der Waals surface area contributed by atoms with Crippen LogP contribution in [0.15, 0.2) is 36.4 Å². The fourth-order valence-corrected chi connectivity index (χ4v) is 4.23. The number of amides is 1. The van der Waals surface area contributed by atoms with Gasteiger partial charge in [-0.3, -0.25) is 4.79 Å². The molecule has 0 spiro atoms. The van der Waals surface area contributed by atoms with E-state index in [9.17, 15) is 9.59 Å². The topological polar surface area (TPSA) is 57.6 Å². The van der Waals surface area contributed by atoms with Gasteiger partial charge < -0.3 is 10.0 Å². The van der Waals surface area contributed by atoms with Crippen molar-refractivity contribution in [2.24, 2.45) is 0 Å². The number of aromatic carboxylic acids is 1. The van der Waals surface area contributed by atoms with Crippen LogP contribution in [0, 0.1) is 6.92 Å². The second-order valence-corrected chi connectivity index (χ2v) is 7.52. The molecule has 0 aliphatic carbocycles. The minimum atomic E-state index is -0.927. The van der Waals surface area contributed by atoms with Gasteiger partial charge in [-0.25, -0.2) is 4.79 Å². The number of hydrogen-bond donors (Lipinski definition) is 1. The number of rotatable bonds is 5. The second kappa shape index (κ2) is 7.18. The summed E-state index contributed by atoms with van der Waals surface area (Å²) >= 11 is 1.78. The van der Waals surface area contributed by atoms with E-state index in [0.29, 0.717) is 12.8 Å². The van der Waals surface area contributed by atoms with Crippen LogP contribution in [0.2, 0.25) is 0 Å². The van der Waals surface area contributed by atoms with E-state index in [1.807, 2.05) is 4.90 Å². The first-order valence-electron chi connectivity index (χ1n) is 8.22. The van der Waals surface area contributed by atoms with Gasteiger partial charge >= 0.3 is 5.97 Å². The first kappa shape index (κ1) is 16.7. The molecule has 0 bridgehead atoms. The molecule has 2 aromatic rings. The normalized spacial score (nSPS) is 17.2. The van der Waals surface area contributed by atoms with Crippen molar-refractivity contribution in [3.05, 3.63) is 57.3 Å². The van der Waals surface area contributed by atoms with Gasteiger partial charge in [0, 0.05) is 22.7 Å². The molecule has 2 heterocycles. The van der Waals surface area contributed by atoms with E-state index < -0.39 is 5.97 Å². The van der Waals surface area contributed by atoms with Crippen LogP contribution in [0.4, 0.5) is 0 Å². The minimum absolute atomic E-state index is 0.186. The molecule has 126 valence electrons. The molecular weight excluding hydrogens is 322 g/mol. The maximum absolute atomic E-state index is 12.6. The summed E-state index contributed by atoms with van der Waals surface area (Å²) in [4.78, 5) is 28.1. The van der Waals surface area contributed by atoms with E-state index in [4.69, 9.17) is 5.11 Å². The van der Waals surface area contributed by atoms with E-state index in [1.165, 1.54) is 9.75 Å². The highest BCUT2D eigenvalue weighted by Gasteiger charge is 2.30. The maximum atomic E-state index is 12.6. The van der Waals surface area contributed by atoms with Crippen LogP contribution in [0.5, 0.6) is 0 Å². The highest BCUT2D eigenvalue weighted by molar-refractivity contribution is 7.12. The third-order valence-corrected chi connectivity index (χ3v) is 5.59. The zero-order chi connectivity index (χ0) is 17.1. The van der Waals surface area contributed by atoms with Crippen molar-refractivity contribution in [3.63, 3.8) is 0 Å². The van der Waals surface area contributed by atoms with E-state index in [0.717, 1.165) is 24.9 Å². The van der Waals surface area contributed by atoms with Gasteiger partial charge in [-0.1, -0.05) is 12.1 Å². The zero-order valence-electron chi connectivity index (χ0n) is 13.7. The molecule has 1 fully saturated rings. The standard InChI is InChI=1S/C19H21NO3S/c1-13-4-10-17(24-13)16-3-2-12-20(16)18(21)11-7-14-5-8-15(9-6-14)19(22)23/h4-6,8-10,16H,2-3,7,11-12H2,1H3,(H,22,23)/t16-/m0/s1. The van der Waals surface area contributed by atoms with Crippen molar-refractivity contribution in [1.82, 2.24) is 4.90 Å². The molecule has 1 amide bonds. The Balaban J connectivity index is 1.60. The molecule has 0 radical (unpaired) electrons. The predicted octanol–water partition coefficient (Wildman–Crippen LogP) is 4.05. The molecule has 0 saturated carbocycles. The SMILES string of the molecule is Cc1ccc([C@@H]2CCCN2C(=O)CCc2ccc(C(=O)O)cc2)s1. The van der Waals surface area contributed by atoms with Crippen LogP contribution < -0.4 is 0 Å². The molecule has 1 aromatic carbocycles. The number of carboxylic acid groups (broad SMARTS) is 1. The van der Waals surface area contributed by atoms with Crippen LogP contribution in [0.3, 0.4) is 0 Å². The fraction of sp³-hybridized carbons (Fsp3) is 0.368. The number of thiophene rings is 1. The molecule has 1 aromatic heterocycles. The predicted molar refractivity (Wildman–Crippen MR) is 94.5 cm³/mol. The van der Waals surface area contributed by atoms with E-state index >= 15 is 0 Å². The fourth-order valence-electron chi connectivity index (χ4n) is 3.20. The molecule has 5 heteroatoms. The molecule has 4 nitrogen and oxygen atoms in total. The first-order chi connectivity index (χ1) is 11.5. The third kappa shape index (κ3) is 3.67. The number of carbonyl (C=O) groups excluding carboxylic acids is 1. The van der Waals surface area contributed by atoms with Crippen molar-refractivity contribution in [2.75, 3.05) is 6.54 Å². The molecule has 1 atom stereocenters. The van der Waals surface area contributed by atoms with Crippen molar-refractivity contribution in [1.29, 1.82) is 0 Å². The van der Waals surface area contributed by atoms with E-state index in [2.05, 4.69) is 19.1 Å². The van der Waals surface area contributed by atoms with Crippen molar-refractivity contribution >= 4 is 23.2 Å². The molecule has 1 saturated heterocycles. The van der Waals surface area contributed by atoms with E-state index in [1.54, 1.807) is 35.6 Å². The zero-order valence-corrected chi connectivity index (χ0v) is 14.5. The number of hydrogen-bond acceptors (Lipinski definition) is 3. The maximum Gasteiger partial charge on any atom is 0.335 e. The molecule has 1 aliphatic heterocycles. The Labute approximate surface area is 145 Å². The molecule has 1 N–H and O–H groups in total. The highest BCUT2D eigenvalue weighted by atomic mass is 32.1. The first-order valence-corrected chi connectivity index (χ1v) is 9.04. The van der Waals surface area contributed by atoms with Gasteiger partial charge in [0.15, 0.2) is 0 Å². The van der Waals surface area contributed by atoms with Crippen LogP contribution >= 0.6 is 11.3 Å². The van der Waals surface area contributed by atoms with Gasteiger partial charge in [0.1, 0.15) is 0 Å². The van der Waals surface area contributed by atoms with Gasteiger partial charge in [0.25, 0.3) is 0 Å². The van der Waals surface area contributed by atoms with Crippen LogP contribution in [0.25, 0.3) is 0 Å². The number of aryl methyl sites for hydroxylation is 2. The average molecular weight is 343 g/mol. The summed E-state index contributed by atoms with van der Waals surface area (Å²) in [5.74, 6) is -0.741. The lowest BCUT2D eigenvalue weighted by Gasteiger charge is -2.24. The average Bonchev–Trinajstić information content (AvgIpc) is 3.21. The molecule has 24 heavy (non-hydrogen) atoms. The quantitative estimate of drug-likeness (QED) is 0.891. The van der Waals surface area contributed by atoms with Crippen molar-refractivity contribution < 1.29 is 14.7 Å². The summed E-state index contributed by atoms with van der Waals surface area (Å²) in [7, 11) is 0. The summed E-state index contributed by atoms with van der Waals surface area (Å²) in [5.41, 5.74) is 1.27. The van der Waals surface area contributed by atoms with Gasteiger partial charge in [0.2, 0.25) is 5.91 Å². The Morgan fingerprint density at radius 1 is 1.21 bits per heavy atom. The van der Waals surface area contributed by atoms with Crippen LogP contribution in [-0.2, 0) is 11.2 Å². The lowest BCUT2D eigenvalue weighted by Crippen LogP contribution is -2.30. The summed E-state index contributed by atoms with van der Waals surface area (Å²) in [6.07, 6.45) is 3.21. The van der Waals surface area contributed by atoms with Gasteiger partial charge in [0.05, 0.1) is 11.6 Å². The Bertz CT molecular complexity index is 735. The third-order valence-electron chi connectivity index (χ3n) is 4.49. The smallest absolute Gasteiger partial charge is 0.335 e. The lowest BCUT2D eigenvalue weighted by atomic mass is 10.1. The molecular formula is C19H21NO3S. The van der Waals surface area contributed by atoms with Crippen molar-refractivity contribution in [3.8, 4) is 0 Å². The highest BCUT2D eigenvalue weighted by Crippen LogP contribution is 2.36. The number of likely N-dealkylation sites (tertiary alicyclic amines) is 1. The lowest BCUT2D eigenvalue weighted by molar-refractivity contribution is -0.132. The second-order valence-electron chi connectivity index (χ2n) is 6.20. The van der Waals surface area contributed by atoms with Crippen LogP contribution in [0.1, 0.15) is 51.0 Å². The summed E-state index contributed by atoms with van der Waals surface area (Å²) in [5, 5.41) is 8.92. The number of benzene rings is 1. The summed E-state index contributed by atoms with van der Waals surface area (Å²) < 4.78 is 0. The number of carboxylic acids is 1. The van der Waals surface area contributed by atoms with Crippen LogP contribution in [-0.4, -0.2) is 28.4 Å². The Kier molecular flexibility index (Phi) is 5.00. The summed E-state index contributed by atoms with van der Waals surface area (Å²) in [6.45, 7) is 2.93. The van der Waals surface area contributed by atoms with Crippen molar-refractivity contribution in [2.45, 2.75) is 38.6 Å². The Morgan fingerprint density at radius 2 is 1.96 bits per heavy atom. The number of carbonyl (C=O) groups is 2.